The monoisotopic (exact) mass is 424 g/mol. The molecule has 0 atom stereocenters. The van der Waals surface area contributed by atoms with Crippen molar-refractivity contribution in [3.05, 3.63) is 48.0 Å². The lowest BCUT2D eigenvalue weighted by atomic mass is 10.2. The van der Waals surface area contributed by atoms with E-state index < -0.39 is 0 Å². The molecule has 2 saturated heterocycles. The number of fused-ring (bicyclic) bond motifs is 1. The summed E-state index contributed by atoms with van der Waals surface area (Å²) in [7, 11) is 0. The number of rotatable bonds is 4. The van der Waals surface area contributed by atoms with Crippen LogP contribution in [-0.4, -0.2) is 63.5 Å². The fourth-order valence-electron chi connectivity index (χ4n) is 3.72. The van der Waals surface area contributed by atoms with Gasteiger partial charge in [-0.15, -0.1) is 0 Å². The first kappa shape index (κ1) is 19.3. The Morgan fingerprint density at radius 3 is 2.27 bits per heavy atom. The van der Waals surface area contributed by atoms with Crippen LogP contribution in [0.5, 0.6) is 0 Å². The molecule has 0 bridgehead atoms. The molecule has 0 saturated carbocycles. The molecule has 3 heterocycles. The third-order valence-corrected chi connectivity index (χ3v) is 6.50. The molecule has 0 unspecified atom stereocenters. The number of anilines is 3. The highest BCUT2D eigenvalue weighted by molar-refractivity contribution is 7.22. The number of carbonyl (C=O) groups excluding carboxylic acids is 1. The molecule has 2 fully saturated rings. The lowest BCUT2D eigenvalue weighted by molar-refractivity contribution is 0.102. The number of morpholine rings is 2. The van der Waals surface area contributed by atoms with Gasteiger partial charge in [0.25, 0.3) is 5.91 Å². The maximum absolute atomic E-state index is 12.8. The number of thiazole rings is 1. The van der Waals surface area contributed by atoms with Gasteiger partial charge in [0, 0.05) is 43.1 Å². The van der Waals surface area contributed by atoms with Crippen molar-refractivity contribution >= 4 is 44.0 Å². The second-order valence-corrected chi connectivity index (χ2v) is 8.39. The van der Waals surface area contributed by atoms with Gasteiger partial charge in [-0.2, -0.15) is 0 Å². The molecule has 8 heteroatoms. The second-order valence-electron chi connectivity index (χ2n) is 7.38. The molecule has 3 aromatic rings. The summed E-state index contributed by atoms with van der Waals surface area (Å²) in [5.41, 5.74) is 3.50. The molecule has 5 rings (SSSR count). The summed E-state index contributed by atoms with van der Waals surface area (Å²) in [4.78, 5) is 22.0. The predicted octanol–water partition coefficient (Wildman–Crippen LogP) is 3.22. The van der Waals surface area contributed by atoms with Crippen molar-refractivity contribution in [1.29, 1.82) is 0 Å². The molecule has 1 aromatic heterocycles. The first-order chi connectivity index (χ1) is 14.8. The van der Waals surface area contributed by atoms with Crippen LogP contribution in [-0.2, 0) is 9.47 Å². The Labute approximate surface area is 179 Å². The summed E-state index contributed by atoms with van der Waals surface area (Å²) in [6, 6.07) is 13.7. The van der Waals surface area contributed by atoms with E-state index in [-0.39, 0.29) is 5.91 Å². The molecule has 1 amide bonds. The van der Waals surface area contributed by atoms with Crippen LogP contribution >= 0.6 is 11.3 Å². The van der Waals surface area contributed by atoms with E-state index in [2.05, 4.69) is 15.1 Å². The molecule has 0 radical (unpaired) electrons. The fourth-order valence-corrected chi connectivity index (χ4v) is 4.78. The van der Waals surface area contributed by atoms with Gasteiger partial charge in [-0.25, -0.2) is 4.98 Å². The van der Waals surface area contributed by atoms with Gasteiger partial charge in [-0.3, -0.25) is 4.79 Å². The van der Waals surface area contributed by atoms with E-state index in [1.165, 1.54) is 0 Å². The van der Waals surface area contributed by atoms with Crippen LogP contribution in [0.4, 0.5) is 16.5 Å². The van der Waals surface area contributed by atoms with E-state index in [1.807, 2.05) is 42.5 Å². The Bertz CT molecular complexity index is 1020. The summed E-state index contributed by atoms with van der Waals surface area (Å²) in [6.07, 6.45) is 0. The Balaban J connectivity index is 1.28. The molecule has 1 N–H and O–H groups in total. The van der Waals surface area contributed by atoms with Crippen molar-refractivity contribution in [2.45, 2.75) is 0 Å². The molecule has 30 heavy (non-hydrogen) atoms. The highest BCUT2D eigenvalue weighted by Gasteiger charge is 2.17. The minimum Gasteiger partial charge on any atom is -0.378 e. The number of ether oxygens (including phenoxy) is 2. The molecule has 2 aliphatic heterocycles. The largest absolute Gasteiger partial charge is 0.378 e. The first-order valence-electron chi connectivity index (χ1n) is 10.2. The molecule has 7 nitrogen and oxygen atoms in total. The summed E-state index contributed by atoms with van der Waals surface area (Å²) < 4.78 is 11.8. The van der Waals surface area contributed by atoms with E-state index in [1.54, 1.807) is 11.3 Å². The van der Waals surface area contributed by atoms with Crippen LogP contribution in [0.25, 0.3) is 10.2 Å². The van der Waals surface area contributed by atoms with Crippen LogP contribution in [0.2, 0.25) is 0 Å². The van der Waals surface area contributed by atoms with E-state index in [0.717, 1.165) is 79.3 Å². The fraction of sp³-hybridized carbons (Fsp3) is 0.364. The number of hydrogen-bond donors (Lipinski definition) is 1. The topological polar surface area (TPSA) is 66.9 Å². The zero-order valence-electron chi connectivity index (χ0n) is 16.7. The lowest BCUT2D eigenvalue weighted by Crippen LogP contribution is -2.36. The van der Waals surface area contributed by atoms with Crippen molar-refractivity contribution in [2.75, 3.05) is 67.7 Å². The molecule has 0 aliphatic carbocycles. The molecule has 2 aromatic carbocycles. The Hall–Kier alpha value is -2.68. The van der Waals surface area contributed by atoms with Gasteiger partial charge < -0.3 is 24.6 Å². The Morgan fingerprint density at radius 1 is 0.900 bits per heavy atom. The van der Waals surface area contributed by atoms with E-state index in [4.69, 9.17) is 14.5 Å². The maximum Gasteiger partial charge on any atom is 0.255 e. The van der Waals surface area contributed by atoms with Crippen LogP contribution < -0.4 is 15.1 Å². The quantitative estimate of drug-likeness (QED) is 0.694. The molecule has 2 aliphatic rings. The van der Waals surface area contributed by atoms with Crippen molar-refractivity contribution in [3.8, 4) is 0 Å². The Kier molecular flexibility index (Phi) is 5.52. The third kappa shape index (κ3) is 4.12. The third-order valence-electron chi connectivity index (χ3n) is 5.42. The SMILES string of the molecule is O=C(Nc1ccc(N2CCOCC2)cc1)c1ccc2nc(N3CCOCC3)sc2c1. The zero-order chi connectivity index (χ0) is 20.3. The number of hydrogen-bond acceptors (Lipinski definition) is 7. The summed E-state index contributed by atoms with van der Waals surface area (Å²) in [5, 5.41) is 3.99. The Morgan fingerprint density at radius 2 is 1.57 bits per heavy atom. The highest BCUT2D eigenvalue weighted by Crippen LogP contribution is 2.30. The van der Waals surface area contributed by atoms with Crippen LogP contribution in [0.15, 0.2) is 42.5 Å². The lowest BCUT2D eigenvalue weighted by Gasteiger charge is -2.28. The number of carbonyl (C=O) groups is 1. The van der Waals surface area contributed by atoms with E-state index in [9.17, 15) is 4.79 Å². The van der Waals surface area contributed by atoms with Crippen molar-refractivity contribution in [3.63, 3.8) is 0 Å². The molecule has 156 valence electrons. The van der Waals surface area contributed by atoms with Gasteiger partial charge in [0.15, 0.2) is 5.13 Å². The van der Waals surface area contributed by atoms with Crippen LogP contribution in [0, 0.1) is 0 Å². The number of amides is 1. The number of benzene rings is 2. The highest BCUT2D eigenvalue weighted by atomic mass is 32.1. The molecule has 0 spiro atoms. The van der Waals surface area contributed by atoms with Crippen LogP contribution in [0.1, 0.15) is 10.4 Å². The summed E-state index contributed by atoms with van der Waals surface area (Å²) in [5.74, 6) is -0.114. The van der Waals surface area contributed by atoms with Crippen LogP contribution in [0.3, 0.4) is 0 Å². The van der Waals surface area contributed by atoms with Gasteiger partial charge in [0.1, 0.15) is 0 Å². The average molecular weight is 425 g/mol. The molecular formula is C22H24N4O3S. The standard InChI is InChI=1S/C22H24N4O3S/c27-21(23-17-2-4-18(5-3-17)25-7-11-28-12-8-25)16-1-6-19-20(15-16)30-22(24-19)26-9-13-29-14-10-26/h1-6,15H,7-14H2,(H,23,27). The maximum atomic E-state index is 12.8. The van der Waals surface area contributed by atoms with Gasteiger partial charge in [0.05, 0.1) is 36.6 Å². The van der Waals surface area contributed by atoms with E-state index in [0.29, 0.717) is 5.56 Å². The predicted molar refractivity (Wildman–Crippen MR) is 120 cm³/mol. The van der Waals surface area contributed by atoms with Crippen molar-refractivity contribution < 1.29 is 14.3 Å². The number of nitrogens with one attached hydrogen (secondary N) is 1. The summed E-state index contributed by atoms with van der Waals surface area (Å²) in [6.45, 7) is 6.47. The van der Waals surface area contributed by atoms with Gasteiger partial charge in [-0.05, 0) is 42.5 Å². The van der Waals surface area contributed by atoms with Gasteiger partial charge in [0.2, 0.25) is 0 Å². The molecular weight excluding hydrogens is 400 g/mol. The normalized spacial score (nSPS) is 17.3. The minimum atomic E-state index is -0.114. The average Bonchev–Trinajstić information content (AvgIpc) is 3.24. The number of nitrogens with zero attached hydrogens (tertiary/aromatic N) is 3. The second kappa shape index (κ2) is 8.59. The summed E-state index contributed by atoms with van der Waals surface area (Å²) >= 11 is 1.62. The number of aromatic nitrogens is 1. The van der Waals surface area contributed by atoms with Gasteiger partial charge >= 0.3 is 0 Å². The smallest absolute Gasteiger partial charge is 0.255 e. The first-order valence-corrected chi connectivity index (χ1v) is 11.1. The van der Waals surface area contributed by atoms with E-state index >= 15 is 0 Å². The van der Waals surface area contributed by atoms with Gasteiger partial charge in [-0.1, -0.05) is 11.3 Å². The van der Waals surface area contributed by atoms with Crippen molar-refractivity contribution in [2.24, 2.45) is 0 Å². The van der Waals surface area contributed by atoms with Crippen molar-refractivity contribution in [1.82, 2.24) is 4.98 Å². The zero-order valence-corrected chi connectivity index (χ0v) is 17.5. The minimum absolute atomic E-state index is 0.114.